The predicted octanol–water partition coefficient (Wildman–Crippen LogP) is 4.96. The van der Waals surface area contributed by atoms with E-state index in [1.165, 1.54) is 5.57 Å². The van der Waals surface area contributed by atoms with Crippen molar-refractivity contribution in [2.75, 3.05) is 13.2 Å². The highest BCUT2D eigenvalue weighted by molar-refractivity contribution is 5.53. The topological polar surface area (TPSA) is 38.7 Å². The number of aliphatic hydroxyl groups is 1. The first-order valence-electron chi connectivity index (χ1n) is 8.48. The normalized spacial score (nSPS) is 12.0. The maximum Gasteiger partial charge on any atom is 0.122 e. The molecule has 0 aliphatic rings. The molecule has 0 aliphatic heterocycles. The van der Waals surface area contributed by atoms with Gasteiger partial charge in [-0.15, -0.1) is 0 Å². The molecule has 0 aliphatic carbocycles. The summed E-state index contributed by atoms with van der Waals surface area (Å²) in [6.07, 6.45) is 5.43. The van der Waals surface area contributed by atoms with E-state index in [9.17, 15) is 5.11 Å². The summed E-state index contributed by atoms with van der Waals surface area (Å²) in [5.74, 6) is 1.47. The number of rotatable bonds is 8. The zero-order valence-electron chi connectivity index (χ0n) is 15.1. The number of hydrogen-bond donors (Lipinski definition) is 1. The van der Waals surface area contributed by atoms with Crippen molar-refractivity contribution in [2.24, 2.45) is 0 Å². The highest BCUT2D eigenvalue weighted by Gasteiger charge is 2.07. The van der Waals surface area contributed by atoms with E-state index in [0.717, 1.165) is 22.6 Å². The lowest BCUT2D eigenvalue weighted by Crippen LogP contribution is -2.25. The van der Waals surface area contributed by atoms with E-state index in [-0.39, 0.29) is 13.2 Å². The Kier molecular flexibility index (Phi) is 7.30. The molecule has 0 bridgehead atoms. The van der Waals surface area contributed by atoms with Gasteiger partial charge in [0.2, 0.25) is 0 Å². The number of hydrogen-bond acceptors (Lipinski definition) is 3. The Morgan fingerprint density at radius 3 is 1.80 bits per heavy atom. The Bertz CT molecular complexity index is 693. The Balaban J connectivity index is 1.76. The molecule has 0 heterocycles. The van der Waals surface area contributed by atoms with E-state index in [1.54, 1.807) is 0 Å². The molecule has 0 saturated heterocycles. The van der Waals surface area contributed by atoms with Gasteiger partial charge in [-0.25, -0.2) is 0 Å². The maximum atomic E-state index is 10.0. The fourth-order valence-corrected chi connectivity index (χ4v) is 2.29. The lowest BCUT2D eigenvalue weighted by molar-refractivity contribution is 0.0626. The summed E-state index contributed by atoms with van der Waals surface area (Å²) in [4.78, 5) is 0. The van der Waals surface area contributed by atoms with Crippen LogP contribution in [-0.4, -0.2) is 24.4 Å². The minimum Gasteiger partial charge on any atom is -0.491 e. The molecule has 2 aromatic carbocycles. The third-order valence-corrected chi connectivity index (χ3v) is 3.46. The van der Waals surface area contributed by atoms with Crippen LogP contribution < -0.4 is 9.47 Å². The first-order chi connectivity index (χ1) is 12.1. The second-order valence-electron chi connectivity index (χ2n) is 6.14. The molecule has 1 unspecified atom stereocenters. The first kappa shape index (κ1) is 18.8. The largest absolute Gasteiger partial charge is 0.491 e. The summed E-state index contributed by atoms with van der Waals surface area (Å²) in [6.45, 7) is 6.50. The maximum absolute atomic E-state index is 10.0. The average Bonchev–Trinajstić information content (AvgIpc) is 2.60. The molecule has 25 heavy (non-hydrogen) atoms. The quantitative estimate of drug-likeness (QED) is 0.739. The molecule has 2 rings (SSSR count). The van der Waals surface area contributed by atoms with Crippen LogP contribution >= 0.6 is 0 Å². The van der Waals surface area contributed by atoms with Gasteiger partial charge in [0.15, 0.2) is 0 Å². The molecule has 1 N–H and O–H groups in total. The SMILES string of the molecule is CC=Cc1ccc(OCC(O)COc2ccc(C=C(C)C)cc2)cc1. The van der Waals surface area contributed by atoms with Crippen molar-refractivity contribution in [2.45, 2.75) is 26.9 Å². The van der Waals surface area contributed by atoms with Crippen LogP contribution in [0, 0.1) is 0 Å². The van der Waals surface area contributed by atoms with E-state index in [2.05, 4.69) is 19.9 Å². The van der Waals surface area contributed by atoms with Crippen molar-refractivity contribution < 1.29 is 14.6 Å². The number of ether oxygens (including phenoxy) is 2. The highest BCUT2D eigenvalue weighted by Crippen LogP contribution is 2.16. The molecule has 0 fully saturated rings. The van der Waals surface area contributed by atoms with Crippen molar-refractivity contribution in [3.63, 3.8) is 0 Å². The number of allylic oxidation sites excluding steroid dienone is 2. The third-order valence-electron chi connectivity index (χ3n) is 3.46. The zero-order valence-corrected chi connectivity index (χ0v) is 15.1. The molecule has 132 valence electrons. The Labute approximate surface area is 150 Å². The van der Waals surface area contributed by atoms with E-state index < -0.39 is 6.10 Å². The summed E-state index contributed by atoms with van der Waals surface area (Å²) in [5, 5.41) is 10.0. The molecule has 0 radical (unpaired) electrons. The van der Waals surface area contributed by atoms with Gasteiger partial charge in [-0.1, -0.05) is 48.1 Å². The first-order valence-corrected chi connectivity index (χ1v) is 8.48. The second kappa shape index (κ2) is 9.70. The van der Waals surface area contributed by atoms with Gasteiger partial charge in [0.05, 0.1) is 0 Å². The van der Waals surface area contributed by atoms with Gasteiger partial charge in [0, 0.05) is 0 Å². The van der Waals surface area contributed by atoms with E-state index >= 15 is 0 Å². The van der Waals surface area contributed by atoms with E-state index in [0.29, 0.717) is 0 Å². The van der Waals surface area contributed by atoms with Gasteiger partial charge >= 0.3 is 0 Å². The van der Waals surface area contributed by atoms with Gasteiger partial charge in [-0.05, 0) is 56.2 Å². The summed E-state index contributed by atoms with van der Waals surface area (Å²) in [6, 6.07) is 15.5. The molecule has 0 saturated carbocycles. The van der Waals surface area contributed by atoms with Gasteiger partial charge in [-0.2, -0.15) is 0 Å². The monoisotopic (exact) mass is 338 g/mol. The van der Waals surface area contributed by atoms with Crippen LogP contribution in [0.1, 0.15) is 31.9 Å². The number of aliphatic hydroxyl groups excluding tert-OH is 1. The van der Waals surface area contributed by atoms with Crippen LogP contribution in [0.25, 0.3) is 12.2 Å². The predicted molar refractivity (Wildman–Crippen MR) is 104 cm³/mol. The van der Waals surface area contributed by atoms with Crippen LogP contribution in [0.2, 0.25) is 0 Å². The minimum atomic E-state index is -0.687. The zero-order chi connectivity index (χ0) is 18.1. The summed E-state index contributed by atoms with van der Waals surface area (Å²) < 4.78 is 11.2. The lowest BCUT2D eigenvalue weighted by atomic mass is 10.1. The van der Waals surface area contributed by atoms with Gasteiger partial charge in [0.25, 0.3) is 0 Å². The molecule has 3 heteroatoms. The fraction of sp³-hybridized carbons (Fsp3) is 0.273. The van der Waals surface area contributed by atoms with Crippen molar-refractivity contribution in [3.8, 4) is 11.5 Å². The summed E-state index contributed by atoms with van der Waals surface area (Å²) in [7, 11) is 0. The van der Waals surface area contributed by atoms with Crippen molar-refractivity contribution in [1.29, 1.82) is 0 Å². The summed E-state index contributed by atoms with van der Waals surface area (Å²) in [5.41, 5.74) is 3.51. The highest BCUT2D eigenvalue weighted by atomic mass is 16.5. The second-order valence-corrected chi connectivity index (χ2v) is 6.14. The van der Waals surface area contributed by atoms with Crippen LogP contribution in [-0.2, 0) is 0 Å². The number of benzene rings is 2. The van der Waals surface area contributed by atoms with Crippen molar-refractivity contribution >= 4 is 12.2 Å². The standard InChI is InChI=1S/C22H26O3/c1-4-5-18-6-10-21(11-7-18)24-15-20(23)16-25-22-12-8-19(9-13-22)14-17(2)3/h4-14,20,23H,15-16H2,1-3H3. The average molecular weight is 338 g/mol. The van der Waals surface area contributed by atoms with Crippen LogP contribution in [0.5, 0.6) is 11.5 Å². The van der Waals surface area contributed by atoms with Gasteiger partial charge < -0.3 is 14.6 Å². The molecular formula is C22H26O3. The molecule has 2 aromatic rings. The third kappa shape index (κ3) is 6.86. The summed E-state index contributed by atoms with van der Waals surface area (Å²) >= 11 is 0. The molecular weight excluding hydrogens is 312 g/mol. The molecule has 0 amide bonds. The minimum absolute atomic E-state index is 0.193. The van der Waals surface area contributed by atoms with E-state index in [4.69, 9.17) is 9.47 Å². The van der Waals surface area contributed by atoms with Crippen LogP contribution in [0.15, 0.2) is 60.2 Å². The Hall–Kier alpha value is -2.52. The smallest absolute Gasteiger partial charge is 0.122 e. The van der Waals surface area contributed by atoms with Crippen LogP contribution in [0.4, 0.5) is 0 Å². The van der Waals surface area contributed by atoms with Gasteiger partial charge in [-0.3, -0.25) is 0 Å². The Morgan fingerprint density at radius 1 is 0.880 bits per heavy atom. The van der Waals surface area contributed by atoms with Gasteiger partial charge in [0.1, 0.15) is 30.8 Å². The lowest BCUT2D eigenvalue weighted by Gasteiger charge is -2.14. The molecule has 0 aromatic heterocycles. The molecule has 3 nitrogen and oxygen atoms in total. The fourth-order valence-electron chi connectivity index (χ4n) is 2.29. The van der Waals surface area contributed by atoms with E-state index in [1.807, 2.05) is 67.6 Å². The molecule has 0 spiro atoms. The Morgan fingerprint density at radius 2 is 1.36 bits per heavy atom. The van der Waals surface area contributed by atoms with Crippen molar-refractivity contribution in [1.82, 2.24) is 0 Å². The molecule has 1 atom stereocenters. The van der Waals surface area contributed by atoms with Crippen LogP contribution in [0.3, 0.4) is 0 Å². The van der Waals surface area contributed by atoms with Crippen molar-refractivity contribution in [3.05, 3.63) is 71.3 Å².